The summed E-state index contributed by atoms with van der Waals surface area (Å²) >= 11 is 0. The average Bonchev–Trinajstić information content (AvgIpc) is 3.41. The van der Waals surface area contributed by atoms with Crippen LogP contribution in [0.3, 0.4) is 0 Å². The van der Waals surface area contributed by atoms with Gasteiger partial charge in [-0.3, -0.25) is 4.79 Å². The largest absolute Gasteiger partial charge is 0.480 e. The molecule has 1 aromatic carbocycles. The third-order valence-corrected chi connectivity index (χ3v) is 5.50. The number of methoxy groups -OCH3 is 1. The second-order valence-corrected chi connectivity index (χ2v) is 7.81. The monoisotopic (exact) mass is 485 g/mol. The van der Waals surface area contributed by atoms with E-state index in [1.165, 1.54) is 31.2 Å². The van der Waals surface area contributed by atoms with Gasteiger partial charge in [0.1, 0.15) is 0 Å². The maximum Gasteiger partial charge on any atom is 0.434 e. The molecule has 0 aliphatic carbocycles. The van der Waals surface area contributed by atoms with E-state index in [9.17, 15) is 18.0 Å². The van der Waals surface area contributed by atoms with Crippen molar-refractivity contribution in [2.75, 3.05) is 14.2 Å². The Morgan fingerprint density at radius 2 is 1.77 bits per heavy atom. The van der Waals surface area contributed by atoms with Gasteiger partial charge in [0.2, 0.25) is 5.88 Å². The number of aryl methyl sites for hydroxylation is 1. The molecular weight excluding hydrogens is 463 g/mol. The third kappa shape index (κ3) is 4.59. The lowest BCUT2D eigenvalue weighted by Gasteiger charge is -2.19. The summed E-state index contributed by atoms with van der Waals surface area (Å²) in [7, 11) is 2.80. The van der Waals surface area contributed by atoms with Crippen molar-refractivity contribution >= 4 is 5.91 Å². The van der Waals surface area contributed by atoms with E-state index in [1.807, 2.05) is 37.3 Å². The van der Waals surface area contributed by atoms with Crippen LogP contribution in [0.4, 0.5) is 13.2 Å². The molecule has 0 N–H and O–H groups in total. The van der Waals surface area contributed by atoms with Gasteiger partial charge in [0.05, 0.1) is 30.3 Å². The number of ether oxygens (including phenoxy) is 1. The molecule has 4 aromatic rings. The number of amides is 1. The molecule has 0 spiro atoms. The van der Waals surface area contributed by atoms with Gasteiger partial charge in [-0.05, 0) is 32.0 Å². The fraction of sp³-hybridized carbons (Fsp3) is 0.261. The topological polar surface area (TPSA) is 91.0 Å². The molecule has 0 radical (unpaired) electrons. The van der Waals surface area contributed by atoms with Gasteiger partial charge in [0.15, 0.2) is 11.5 Å². The van der Waals surface area contributed by atoms with Gasteiger partial charge in [0, 0.05) is 30.9 Å². The lowest BCUT2D eigenvalue weighted by atomic mass is 10.1. The van der Waals surface area contributed by atoms with Crippen LogP contribution in [0.2, 0.25) is 0 Å². The highest BCUT2D eigenvalue weighted by atomic mass is 19.4. The first kappa shape index (κ1) is 23.9. The molecule has 3 heterocycles. The summed E-state index contributed by atoms with van der Waals surface area (Å²) in [6.45, 7) is 3.71. The van der Waals surface area contributed by atoms with Crippen LogP contribution in [0.1, 0.15) is 33.0 Å². The van der Waals surface area contributed by atoms with Gasteiger partial charge in [-0.25, -0.2) is 9.36 Å². The molecular formula is C23H22F3N7O2. The summed E-state index contributed by atoms with van der Waals surface area (Å²) in [5.41, 5.74) is 1.21. The van der Waals surface area contributed by atoms with Crippen LogP contribution in [0.25, 0.3) is 11.5 Å². The van der Waals surface area contributed by atoms with E-state index in [4.69, 9.17) is 4.74 Å². The highest BCUT2D eigenvalue weighted by Gasteiger charge is 2.41. The molecule has 182 valence electrons. The standard InChI is InChI=1S/C23H22F3N7O2/c1-14-18(15(2)32(30-14)16-8-6-5-7-9-16)13-31(3)22(34)17-12-27-33(21(17)23(24,25)26)19-10-11-20(35-4)29-28-19/h5-12H,13H2,1-4H3. The van der Waals surface area contributed by atoms with E-state index in [1.54, 1.807) is 11.6 Å². The van der Waals surface area contributed by atoms with Crippen LogP contribution < -0.4 is 4.74 Å². The number of carbonyl (C=O) groups is 1. The van der Waals surface area contributed by atoms with Crippen molar-refractivity contribution in [1.82, 2.24) is 34.7 Å². The highest BCUT2D eigenvalue weighted by Crippen LogP contribution is 2.34. The first-order chi connectivity index (χ1) is 16.6. The maximum absolute atomic E-state index is 14.0. The molecule has 0 saturated heterocycles. The zero-order valence-corrected chi connectivity index (χ0v) is 19.4. The molecule has 35 heavy (non-hydrogen) atoms. The smallest absolute Gasteiger partial charge is 0.434 e. The van der Waals surface area contributed by atoms with E-state index >= 15 is 0 Å². The number of alkyl halides is 3. The van der Waals surface area contributed by atoms with Crippen LogP contribution in [0.15, 0.2) is 48.7 Å². The van der Waals surface area contributed by atoms with Crippen molar-refractivity contribution < 1.29 is 22.7 Å². The van der Waals surface area contributed by atoms with E-state index in [-0.39, 0.29) is 18.2 Å². The summed E-state index contributed by atoms with van der Waals surface area (Å²) in [6, 6.07) is 12.1. The van der Waals surface area contributed by atoms with Crippen LogP contribution in [0, 0.1) is 13.8 Å². The summed E-state index contributed by atoms with van der Waals surface area (Å²) in [6.07, 6.45) is -3.98. The van der Waals surface area contributed by atoms with E-state index in [2.05, 4.69) is 20.4 Å². The normalized spacial score (nSPS) is 11.5. The number of aromatic nitrogens is 6. The van der Waals surface area contributed by atoms with E-state index in [0.29, 0.717) is 10.4 Å². The van der Waals surface area contributed by atoms with E-state index in [0.717, 1.165) is 23.1 Å². The molecule has 9 nitrogen and oxygen atoms in total. The van der Waals surface area contributed by atoms with Gasteiger partial charge in [-0.15, -0.1) is 10.2 Å². The van der Waals surface area contributed by atoms with Gasteiger partial charge >= 0.3 is 6.18 Å². The second kappa shape index (κ2) is 9.20. The Morgan fingerprint density at radius 3 is 2.37 bits per heavy atom. The maximum atomic E-state index is 14.0. The first-order valence-corrected chi connectivity index (χ1v) is 10.5. The number of halogens is 3. The van der Waals surface area contributed by atoms with Crippen LogP contribution >= 0.6 is 0 Å². The SMILES string of the molecule is COc1ccc(-n2ncc(C(=O)N(C)Cc3c(C)nn(-c4ccccc4)c3C)c2C(F)(F)F)nn1. The Balaban J connectivity index is 1.66. The quantitative estimate of drug-likeness (QED) is 0.413. The summed E-state index contributed by atoms with van der Waals surface area (Å²) < 4.78 is 49.3. The minimum Gasteiger partial charge on any atom is -0.480 e. The second-order valence-electron chi connectivity index (χ2n) is 7.81. The highest BCUT2D eigenvalue weighted by molar-refractivity contribution is 5.95. The van der Waals surface area contributed by atoms with Crippen molar-refractivity contribution in [3.63, 3.8) is 0 Å². The molecule has 0 saturated carbocycles. The molecule has 12 heteroatoms. The minimum absolute atomic E-state index is 0.0636. The fourth-order valence-electron chi connectivity index (χ4n) is 3.73. The zero-order chi connectivity index (χ0) is 25.3. The number of carbonyl (C=O) groups excluding carboxylic acids is 1. The predicted octanol–water partition coefficient (Wildman–Crippen LogP) is 3.76. The lowest BCUT2D eigenvalue weighted by Crippen LogP contribution is -2.29. The summed E-state index contributed by atoms with van der Waals surface area (Å²) in [5, 5.41) is 15.7. The van der Waals surface area contributed by atoms with Gasteiger partial charge in [-0.2, -0.15) is 23.4 Å². The molecule has 0 aliphatic heterocycles. The van der Waals surface area contributed by atoms with Crippen LogP contribution in [-0.2, 0) is 12.7 Å². The van der Waals surface area contributed by atoms with Gasteiger partial charge < -0.3 is 9.64 Å². The van der Waals surface area contributed by atoms with Crippen LogP contribution in [0.5, 0.6) is 5.88 Å². The van der Waals surface area contributed by atoms with Gasteiger partial charge in [0.25, 0.3) is 5.91 Å². The molecule has 1 amide bonds. The molecule has 0 unspecified atom stereocenters. The number of benzene rings is 1. The minimum atomic E-state index is -4.87. The number of hydrogen-bond donors (Lipinski definition) is 0. The van der Waals surface area contributed by atoms with Gasteiger partial charge in [-0.1, -0.05) is 18.2 Å². The number of nitrogens with zero attached hydrogens (tertiary/aromatic N) is 7. The van der Waals surface area contributed by atoms with Crippen molar-refractivity contribution in [3.8, 4) is 17.4 Å². The first-order valence-electron chi connectivity index (χ1n) is 10.5. The van der Waals surface area contributed by atoms with Crippen molar-refractivity contribution in [1.29, 1.82) is 0 Å². The number of rotatable bonds is 6. The Bertz CT molecular complexity index is 1350. The van der Waals surface area contributed by atoms with Crippen molar-refractivity contribution in [3.05, 3.63) is 76.9 Å². The Morgan fingerprint density at radius 1 is 1.06 bits per heavy atom. The molecule has 4 rings (SSSR count). The van der Waals surface area contributed by atoms with E-state index < -0.39 is 23.3 Å². The molecule has 3 aromatic heterocycles. The molecule has 0 aliphatic rings. The zero-order valence-electron chi connectivity index (χ0n) is 19.4. The summed E-state index contributed by atoms with van der Waals surface area (Å²) in [5.74, 6) is -0.903. The molecule has 0 bridgehead atoms. The van der Waals surface area contributed by atoms with Crippen molar-refractivity contribution in [2.45, 2.75) is 26.6 Å². The third-order valence-electron chi connectivity index (χ3n) is 5.50. The lowest BCUT2D eigenvalue weighted by molar-refractivity contribution is -0.143. The molecule has 0 fully saturated rings. The Hall–Kier alpha value is -4.22. The Labute approximate surface area is 198 Å². The molecule has 0 atom stereocenters. The summed E-state index contributed by atoms with van der Waals surface area (Å²) in [4.78, 5) is 14.4. The predicted molar refractivity (Wildman–Crippen MR) is 120 cm³/mol. The number of para-hydroxylation sites is 1. The average molecular weight is 485 g/mol. The number of hydrogen-bond acceptors (Lipinski definition) is 6. The van der Waals surface area contributed by atoms with Crippen LogP contribution in [-0.4, -0.2) is 54.7 Å². The Kier molecular flexibility index (Phi) is 6.29. The van der Waals surface area contributed by atoms with Crippen molar-refractivity contribution in [2.24, 2.45) is 0 Å². The fourth-order valence-corrected chi connectivity index (χ4v) is 3.73.